The highest BCUT2D eigenvalue weighted by atomic mass is 35.5. The summed E-state index contributed by atoms with van der Waals surface area (Å²) in [5.41, 5.74) is 0.660. The van der Waals surface area contributed by atoms with Gasteiger partial charge < -0.3 is 9.47 Å². The molecule has 8 heteroatoms. The van der Waals surface area contributed by atoms with E-state index in [0.29, 0.717) is 16.3 Å². The number of carbonyl (C=O) groups is 3. The second kappa shape index (κ2) is 9.09. The fourth-order valence-corrected chi connectivity index (χ4v) is 3.20. The van der Waals surface area contributed by atoms with Crippen molar-refractivity contribution in [2.24, 2.45) is 0 Å². The van der Waals surface area contributed by atoms with Crippen molar-refractivity contribution in [1.82, 2.24) is 4.90 Å². The van der Waals surface area contributed by atoms with E-state index < -0.39 is 23.7 Å². The van der Waals surface area contributed by atoms with Gasteiger partial charge in [-0.05, 0) is 55.8 Å². The molecule has 1 aliphatic heterocycles. The van der Waals surface area contributed by atoms with Gasteiger partial charge in [0.2, 0.25) is 0 Å². The molecule has 0 spiro atoms. The van der Waals surface area contributed by atoms with Gasteiger partial charge in [-0.1, -0.05) is 24.6 Å². The van der Waals surface area contributed by atoms with Crippen molar-refractivity contribution in [3.63, 3.8) is 0 Å². The monoisotopic (exact) mass is 397 g/mol. The first-order chi connectivity index (χ1) is 12.3. The molecule has 1 aliphatic rings. The number of nitrogens with zero attached hydrogens (tertiary/aromatic N) is 1. The molecule has 0 N–H and O–H groups in total. The van der Waals surface area contributed by atoms with Gasteiger partial charge in [0.15, 0.2) is 0 Å². The van der Waals surface area contributed by atoms with E-state index in [4.69, 9.17) is 21.1 Å². The molecule has 1 atom stereocenters. The van der Waals surface area contributed by atoms with Gasteiger partial charge in [-0.25, -0.2) is 0 Å². The zero-order valence-electron chi connectivity index (χ0n) is 14.8. The first-order valence-corrected chi connectivity index (χ1v) is 9.42. The van der Waals surface area contributed by atoms with Crippen LogP contribution in [-0.2, 0) is 14.3 Å². The van der Waals surface area contributed by atoms with Crippen molar-refractivity contribution in [1.29, 1.82) is 0 Å². The predicted octanol–water partition coefficient (Wildman–Crippen LogP) is 4.12. The molecule has 6 nitrogen and oxygen atoms in total. The van der Waals surface area contributed by atoms with Crippen LogP contribution in [-0.4, -0.2) is 41.3 Å². The van der Waals surface area contributed by atoms with Crippen LogP contribution in [0, 0.1) is 0 Å². The fourth-order valence-electron chi connectivity index (χ4n) is 2.13. The number of imide groups is 1. The van der Waals surface area contributed by atoms with E-state index in [-0.39, 0.29) is 17.6 Å². The first kappa shape index (κ1) is 20.3. The van der Waals surface area contributed by atoms with Gasteiger partial charge in [0.05, 0.1) is 22.6 Å². The smallest absolute Gasteiger partial charge is 0.326 e. The van der Waals surface area contributed by atoms with Crippen molar-refractivity contribution in [2.75, 3.05) is 13.2 Å². The Bertz CT molecular complexity index is 749. The van der Waals surface area contributed by atoms with Crippen molar-refractivity contribution in [3.8, 4) is 5.75 Å². The zero-order chi connectivity index (χ0) is 19.3. The van der Waals surface area contributed by atoms with Gasteiger partial charge in [-0.15, -0.1) is 0 Å². The minimum Gasteiger partial charge on any atom is -0.489 e. The lowest BCUT2D eigenvalue weighted by Gasteiger charge is -2.14. The number of halogens is 1. The standard InChI is InChI=1S/C18H20ClNO5S/c1-4-11(3)25-14-7-6-12(8-13(14)19)9-15-17(22)20(18(23)26-15)10-16(21)24-5-2/h6-9,11H,4-5,10H2,1-3H3/b15-9-/t11-/m0/s1. The molecular weight excluding hydrogens is 378 g/mol. The van der Waals surface area contributed by atoms with E-state index >= 15 is 0 Å². The Labute approximate surface area is 161 Å². The van der Waals surface area contributed by atoms with E-state index in [0.717, 1.165) is 23.1 Å². The van der Waals surface area contributed by atoms with Crippen LogP contribution in [0.3, 0.4) is 0 Å². The van der Waals surface area contributed by atoms with E-state index in [1.807, 2.05) is 13.8 Å². The summed E-state index contributed by atoms with van der Waals surface area (Å²) in [5, 5.41) is -0.0815. The first-order valence-electron chi connectivity index (χ1n) is 8.22. The number of hydrogen-bond acceptors (Lipinski definition) is 6. The summed E-state index contributed by atoms with van der Waals surface area (Å²) >= 11 is 7.01. The average Bonchev–Trinajstić information content (AvgIpc) is 2.85. The molecular formula is C18H20ClNO5S. The summed E-state index contributed by atoms with van der Waals surface area (Å²) in [6, 6.07) is 5.14. The molecule has 1 heterocycles. The summed E-state index contributed by atoms with van der Waals surface area (Å²) < 4.78 is 10.5. The summed E-state index contributed by atoms with van der Waals surface area (Å²) in [7, 11) is 0. The third-order valence-corrected chi connectivity index (χ3v) is 4.83. The van der Waals surface area contributed by atoms with Crippen molar-refractivity contribution in [2.45, 2.75) is 33.3 Å². The molecule has 0 radical (unpaired) electrons. The lowest BCUT2D eigenvalue weighted by atomic mass is 10.2. The molecule has 0 aliphatic carbocycles. The second-order valence-electron chi connectivity index (χ2n) is 5.60. The van der Waals surface area contributed by atoms with Gasteiger partial charge in [-0.2, -0.15) is 0 Å². The van der Waals surface area contributed by atoms with E-state index in [9.17, 15) is 14.4 Å². The summed E-state index contributed by atoms with van der Waals surface area (Å²) in [6.07, 6.45) is 2.46. The number of hydrogen-bond donors (Lipinski definition) is 0. The molecule has 2 amide bonds. The molecule has 26 heavy (non-hydrogen) atoms. The van der Waals surface area contributed by atoms with Gasteiger partial charge in [0, 0.05) is 0 Å². The van der Waals surface area contributed by atoms with Crippen LogP contribution in [0.4, 0.5) is 4.79 Å². The van der Waals surface area contributed by atoms with Crippen LogP contribution in [0.5, 0.6) is 5.75 Å². The Kier molecular flexibility index (Phi) is 7.11. The number of thioether (sulfide) groups is 1. The van der Waals surface area contributed by atoms with Crippen LogP contribution < -0.4 is 4.74 Å². The summed E-state index contributed by atoms with van der Waals surface area (Å²) in [6.45, 7) is 5.42. The Balaban J connectivity index is 2.14. The lowest BCUT2D eigenvalue weighted by Crippen LogP contribution is -2.34. The maximum Gasteiger partial charge on any atom is 0.326 e. The minimum atomic E-state index is -0.620. The second-order valence-corrected chi connectivity index (χ2v) is 7.00. The van der Waals surface area contributed by atoms with E-state index in [1.165, 1.54) is 0 Å². The lowest BCUT2D eigenvalue weighted by molar-refractivity contribution is -0.145. The number of benzene rings is 1. The predicted molar refractivity (Wildman–Crippen MR) is 101 cm³/mol. The molecule has 1 fully saturated rings. The third kappa shape index (κ3) is 5.02. The van der Waals surface area contributed by atoms with Crippen LogP contribution in [0.1, 0.15) is 32.8 Å². The van der Waals surface area contributed by atoms with Crippen molar-refractivity contribution in [3.05, 3.63) is 33.7 Å². The maximum absolute atomic E-state index is 12.3. The zero-order valence-corrected chi connectivity index (χ0v) is 16.4. The maximum atomic E-state index is 12.3. The van der Waals surface area contributed by atoms with E-state index in [2.05, 4.69) is 0 Å². The van der Waals surface area contributed by atoms with Crippen molar-refractivity contribution < 1.29 is 23.9 Å². The van der Waals surface area contributed by atoms with Crippen molar-refractivity contribution >= 4 is 46.6 Å². The molecule has 1 aromatic rings. The van der Waals surface area contributed by atoms with E-state index in [1.54, 1.807) is 31.2 Å². The molecule has 1 aromatic carbocycles. The number of ether oxygens (including phenoxy) is 2. The Morgan fingerprint density at radius 2 is 2.08 bits per heavy atom. The molecule has 0 saturated carbocycles. The minimum absolute atomic E-state index is 0.0396. The highest BCUT2D eigenvalue weighted by molar-refractivity contribution is 8.18. The number of amides is 2. The van der Waals surface area contributed by atoms with Gasteiger partial charge in [0.25, 0.3) is 11.1 Å². The Morgan fingerprint density at radius 3 is 2.69 bits per heavy atom. The van der Waals surface area contributed by atoms with Crippen LogP contribution in [0.15, 0.2) is 23.1 Å². The molecule has 0 unspecified atom stereocenters. The molecule has 2 rings (SSSR count). The molecule has 0 bridgehead atoms. The summed E-state index contributed by atoms with van der Waals surface area (Å²) in [4.78, 5) is 36.9. The molecule has 1 saturated heterocycles. The van der Waals surface area contributed by atoms with Crippen LogP contribution in [0.25, 0.3) is 6.08 Å². The Hall–Kier alpha value is -1.99. The Morgan fingerprint density at radius 1 is 1.35 bits per heavy atom. The fraction of sp³-hybridized carbons (Fsp3) is 0.389. The number of rotatable bonds is 7. The normalized spacial score (nSPS) is 16.9. The van der Waals surface area contributed by atoms with Crippen LogP contribution >= 0.6 is 23.4 Å². The van der Waals surface area contributed by atoms with Gasteiger partial charge >= 0.3 is 5.97 Å². The average molecular weight is 398 g/mol. The molecule has 0 aromatic heterocycles. The highest BCUT2D eigenvalue weighted by Gasteiger charge is 2.36. The quantitative estimate of drug-likeness (QED) is 0.509. The summed E-state index contributed by atoms with van der Waals surface area (Å²) in [5.74, 6) is -0.580. The largest absolute Gasteiger partial charge is 0.489 e. The molecule has 140 valence electrons. The highest BCUT2D eigenvalue weighted by Crippen LogP contribution is 2.34. The number of carbonyl (C=O) groups excluding carboxylic acids is 3. The topological polar surface area (TPSA) is 72.9 Å². The third-order valence-electron chi connectivity index (χ3n) is 3.62. The number of esters is 1. The van der Waals surface area contributed by atoms with Gasteiger partial charge in [0.1, 0.15) is 12.3 Å². The van der Waals surface area contributed by atoms with Crippen LogP contribution in [0.2, 0.25) is 5.02 Å². The van der Waals surface area contributed by atoms with Gasteiger partial charge in [-0.3, -0.25) is 19.3 Å². The SMILES string of the molecule is CCOC(=O)CN1C(=O)S/C(=C\c2ccc(O[C@@H](C)CC)c(Cl)c2)C1=O.